The highest BCUT2D eigenvalue weighted by atomic mass is 28.4. The van der Waals surface area contributed by atoms with E-state index in [-0.39, 0.29) is 17.2 Å². The first-order valence-corrected chi connectivity index (χ1v) is 9.40. The molecule has 1 unspecified atom stereocenters. The summed E-state index contributed by atoms with van der Waals surface area (Å²) in [4.78, 5) is 10.6. The third kappa shape index (κ3) is 4.26. The molecule has 2 atom stereocenters. The van der Waals surface area contributed by atoms with Crippen molar-refractivity contribution >= 4 is 14.4 Å². The minimum Gasteiger partial charge on any atom is -0.465 e. The molecule has 0 bridgehead atoms. The zero-order chi connectivity index (χ0) is 14.0. The van der Waals surface area contributed by atoms with Crippen molar-refractivity contribution in [2.45, 2.75) is 57.5 Å². The number of carbonyl (C=O) groups is 1. The van der Waals surface area contributed by atoms with Crippen molar-refractivity contribution in [1.82, 2.24) is 10.6 Å². The van der Waals surface area contributed by atoms with Crippen molar-refractivity contribution < 1.29 is 14.3 Å². The Morgan fingerprint density at radius 1 is 1.39 bits per heavy atom. The van der Waals surface area contributed by atoms with Gasteiger partial charge in [-0.3, -0.25) is 0 Å². The first-order chi connectivity index (χ1) is 8.12. The maximum atomic E-state index is 10.6. The summed E-state index contributed by atoms with van der Waals surface area (Å²) in [7, 11) is -1.78. The summed E-state index contributed by atoms with van der Waals surface area (Å²) in [5.74, 6) is 0. The molecule has 1 aliphatic heterocycles. The van der Waals surface area contributed by atoms with Crippen molar-refractivity contribution in [3.05, 3.63) is 0 Å². The van der Waals surface area contributed by atoms with Crippen LogP contribution in [0.4, 0.5) is 4.79 Å². The lowest BCUT2D eigenvalue weighted by molar-refractivity contribution is 0.127. The van der Waals surface area contributed by atoms with Gasteiger partial charge in [0.05, 0.1) is 6.10 Å². The van der Waals surface area contributed by atoms with E-state index in [1.54, 1.807) is 0 Å². The Kier molecular flexibility index (Phi) is 4.80. The molecule has 1 fully saturated rings. The third-order valence-corrected chi connectivity index (χ3v) is 8.44. The van der Waals surface area contributed by atoms with Crippen LogP contribution in [-0.4, -0.2) is 44.8 Å². The van der Waals surface area contributed by atoms with E-state index in [1.807, 2.05) is 0 Å². The second kappa shape index (κ2) is 5.58. The smallest absolute Gasteiger partial charge is 0.404 e. The maximum absolute atomic E-state index is 10.6. The molecular weight excluding hydrogens is 248 g/mol. The van der Waals surface area contributed by atoms with Gasteiger partial charge in [-0.2, -0.15) is 0 Å². The predicted molar refractivity (Wildman–Crippen MR) is 74.5 cm³/mol. The van der Waals surface area contributed by atoms with Crippen LogP contribution in [0, 0.1) is 0 Å². The van der Waals surface area contributed by atoms with Crippen LogP contribution < -0.4 is 10.6 Å². The molecule has 0 aliphatic carbocycles. The van der Waals surface area contributed by atoms with Crippen LogP contribution in [-0.2, 0) is 4.43 Å². The van der Waals surface area contributed by atoms with Gasteiger partial charge in [-0.25, -0.2) is 4.79 Å². The van der Waals surface area contributed by atoms with Gasteiger partial charge >= 0.3 is 6.09 Å². The number of nitrogens with one attached hydrogen (secondary N) is 2. The molecule has 106 valence electrons. The van der Waals surface area contributed by atoms with Crippen LogP contribution in [0.5, 0.6) is 0 Å². The normalized spacial score (nSPS) is 25.8. The van der Waals surface area contributed by atoms with E-state index in [1.165, 1.54) is 0 Å². The van der Waals surface area contributed by atoms with Crippen molar-refractivity contribution in [2.75, 3.05) is 13.1 Å². The molecule has 0 spiro atoms. The van der Waals surface area contributed by atoms with Crippen molar-refractivity contribution in [3.8, 4) is 0 Å². The van der Waals surface area contributed by atoms with E-state index in [2.05, 4.69) is 44.5 Å². The second-order valence-electron chi connectivity index (χ2n) is 6.54. The van der Waals surface area contributed by atoms with E-state index < -0.39 is 14.4 Å². The Balaban J connectivity index is 2.55. The average molecular weight is 274 g/mol. The highest BCUT2D eigenvalue weighted by molar-refractivity contribution is 6.74. The Morgan fingerprint density at radius 3 is 2.50 bits per heavy atom. The van der Waals surface area contributed by atoms with E-state index in [4.69, 9.17) is 9.53 Å². The van der Waals surface area contributed by atoms with Crippen LogP contribution in [0.1, 0.15) is 27.2 Å². The monoisotopic (exact) mass is 274 g/mol. The Bertz CT molecular complexity index is 302. The highest BCUT2D eigenvalue weighted by Gasteiger charge is 2.40. The van der Waals surface area contributed by atoms with Gasteiger partial charge in [0.15, 0.2) is 8.32 Å². The second-order valence-corrected chi connectivity index (χ2v) is 11.3. The number of piperidine rings is 1. The Hall–Kier alpha value is -0.593. The molecule has 6 heteroatoms. The molecule has 0 aromatic rings. The van der Waals surface area contributed by atoms with Gasteiger partial charge in [-0.05, 0) is 24.6 Å². The molecule has 5 nitrogen and oxygen atoms in total. The zero-order valence-electron chi connectivity index (χ0n) is 12.0. The lowest BCUT2D eigenvalue weighted by Gasteiger charge is -2.41. The molecular formula is C12H26N2O3Si. The summed E-state index contributed by atoms with van der Waals surface area (Å²) >= 11 is 0. The quantitative estimate of drug-likeness (QED) is 0.689. The lowest BCUT2D eigenvalue weighted by atomic mass is 10.1. The minimum atomic E-state index is -1.78. The number of hydrogen-bond donors (Lipinski definition) is 3. The summed E-state index contributed by atoms with van der Waals surface area (Å²) in [5, 5.41) is 14.7. The van der Waals surface area contributed by atoms with Crippen LogP contribution >= 0.6 is 0 Å². The maximum Gasteiger partial charge on any atom is 0.404 e. The van der Waals surface area contributed by atoms with E-state index in [9.17, 15) is 4.79 Å². The van der Waals surface area contributed by atoms with Gasteiger partial charge in [-0.1, -0.05) is 20.8 Å². The molecule has 1 heterocycles. The van der Waals surface area contributed by atoms with E-state index >= 15 is 0 Å². The third-order valence-electron chi connectivity index (χ3n) is 3.91. The fourth-order valence-electron chi connectivity index (χ4n) is 1.87. The molecule has 0 aromatic heterocycles. The summed E-state index contributed by atoms with van der Waals surface area (Å²) in [6.45, 7) is 12.6. The van der Waals surface area contributed by atoms with Crippen molar-refractivity contribution in [1.29, 1.82) is 0 Å². The molecule has 0 aromatic carbocycles. The van der Waals surface area contributed by atoms with Gasteiger partial charge in [0.1, 0.15) is 0 Å². The van der Waals surface area contributed by atoms with Crippen LogP contribution in [0.2, 0.25) is 18.1 Å². The largest absolute Gasteiger partial charge is 0.465 e. The highest BCUT2D eigenvalue weighted by Crippen LogP contribution is 2.37. The van der Waals surface area contributed by atoms with E-state index in [0.29, 0.717) is 6.54 Å². The van der Waals surface area contributed by atoms with Crippen LogP contribution in [0.15, 0.2) is 0 Å². The Morgan fingerprint density at radius 2 is 2.00 bits per heavy atom. The number of carboxylic acid groups (broad SMARTS) is 1. The number of rotatable bonds is 3. The fourth-order valence-corrected chi connectivity index (χ4v) is 3.24. The molecule has 1 rings (SSSR count). The molecule has 0 radical (unpaired) electrons. The van der Waals surface area contributed by atoms with Crippen molar-refractivity contribution in [3.63, 3.8) is 0 Å². The molecule has 1 saturated heterocycles. The fraction of sp³-hybridized carbons (Fsp3) is 0.917. The van der Waals surface area contributed by atoms with Gasteiger partial charge in [0.25, 0.3) is 0 Å². The van der Waals surface area contributed by atoms with Gasteiger partial charge in [-0.15, -0.1) is 0 Å². The van der Waals surface area contributed by atoms with Gasteiger partial charge in [0.2, 0.25) is 0 Å². The molecule has 0 saturated carbocycles. The first-order valence-electron chi connectivity index (χ1n) is 6.50. The van der Waals surface area contributed by atoms with Gasteiger partial charge in [0, 0.05) is 19.1 Å². The van der Waals surface area contributed by atoms with Crippen LogP contribution in [0.25, 0.3) is 0 Å². The van der Waals surface area contributed by atoms with Gasteiger partial charge < -0.3 is 20.2 Å². The molecule has 18 heavy (non-hydrogen) atoms. The summed E-state index contributed by atoms with van der Waals surface area (Å²) in [6.07, 6.45) is -0.0995. The Labute approximate surface area is 110 Å². The summed E-state index contributed by atoms with van der Waals surface area (Å²) in [6, 6.07) is -0.0500. The van der Waals surface area contributed by atoms with Crippen LogP contribution in [0.3, 0.4) is 0 Å². The van der Waals surface area contributed by atoms with Crippen molar-refractivity contribution in [2.24, 2.45) is 0 Å². The number of amides is 1. The summed E-state index contributed by atoms with van der Waals surface area (Å²) < 4.78 is 6.30. The average Bonchev–Trinajstić information content (AvgIpc) is 2.14. The summed E-state index contributed by atoms with van der Waals surface area (Å²) in [5.41, 5.74) is 0. The zero-order valence-corrected chi connectivity index (χ0v) is 13.0. The SMILES string of the molecule is CC(C)(C)[Si](C)(C)OC1CNC[C@@H](NC(=O)O)C1. The number of hydrogen-bond acceptors (Lipinski definition) is 3. The van der Waals surface area contributed by atoms with E-state index in [0.717, 1.165) is 13.0 Å². The topological polar surface area (TPSA) is 70.6 Å². The first kappa shape index (κ1) is 15.5. The predicted octanol–water partition coefficient (Wildman–Crippen LogP) is 2.01. The lowest BCUT2D eigenvalue weighted by Crippen LogP contribution is -2.54. The standard InChI is InChI=1S/C12H26N2O3Si/c1-12(2,3)18(4,5)17-10-6-9(7-13-8-10)14-11(15)16/h9-10,13-14H,6-8H2,1-5H3,(H,15,16)/t9-,10?/m0/s1. The molecule has 1 amide bonds. The molecule has 1 aliphatic rings. The minimum absolute atomic E-state index is 0.0500. The molecule has 3 N–H and O–H groups in total.